The molecule has 194 valence electrons. The van der Waals surface area contributed by atoms with Crippen LogP contribution in [0.4, 0.5) is 11.5 Å². The molecule has 0 atom stereocenters. The molecule has 3 aromatic rings. The molecule has 2 aliphatic rings. The first kappa shape index (κ1) is 24.5. The van der Waals surface area contributed by atoms with Gasteiger partial charge in [-0.25, -0.2) is 9.67 Å². The molecule has 12 heteroatoms. The van der Waals surface area contributed by atoms with Crippen LogP contribution < -0.4 is 20.1 Å². The second-order valence-corrected chi connectivity index (χ2v) is 9.29. The van der Waals surface area contributed by atoms with Gasteiger partial charge in [-0.05, 0) is 55.2 Å². The SMILES string of the molecule is Nc1nc(OCCn2cncn2)nc2c1C(=O)N(c1ccc(C3CCC(CC(=O)O)CC3)cc1)CCO2. The summed E-state index contributed by atoms with van der Waals surface area (Å²) in [6.45, 7) is 1.27. The van der Waals surface area contributed by atoms with Gasteiger partial charge in [-0.1, -0.05) is 12.1 Å². The number of carboxylic acid groups (broad SMARTS) is 1. The van der Waals surface area contributed by atoms with Crippen molar-refractivity contribution in [3.63, 3.8) is 0 Å². The van der Waals surface area contributed by atoms with Gasteiger partial charge in [0.2, 0.25) is 5.88 Å². The molecule has 12 nitrogen and oxygen atoms in total. The molecule has 1 aromatic carbocycles. The van der Waals surface area contributed by atoms with E-state index in [0.29, 0.717) is 19.0 Å². The van der Waals surface area contributed by atoms with E-state index in [4.69, 9.17) is 20.3 Å². The maximum Gasteiger partial charge on any atom is 0.321 e. The average molecular weight is 508 g/mol. The van der Waals surface area contributed by atoms with Gasteiger partial charge in [0, 0.05) is 12.1 Å². The van der Waals surface area contributed by atoms with Crippen LogP contribution in [0.25, 0.3) is 0 Å². The minimum atomic E-state index is -0.724. The number of aromatic nitrogens is 5. The summed E-state index contributed by atoms with van der Waals surface area (Å²) in [5.74, 6) is -0.303. The molecule has 1 aliphatic heterocycles. The Morgan fingerprint density at radius 3 is 2.65 bits per heavy atom. The number of nitrogens with zero attached hydrogens (tertiary/aromatic N) is 6. The summed E-state index contributed by atoms with van der Waals surface area (Å²) in [6.07, 6.45) is 7.04. The van der Waals surface area contributed by atoms with Crippen LogP contribution in [0.1, 0.15) is 53.9 Å². The highest BCUT2D eigenvalue weighted by atomic mass is 16.5. The molecular weight excluding hydrogens is 478 g/mol. The highest BCUT2D eigenvalue weighted by molar-refractivity contribution is 6.10. The van der Waals surface area contributed by atoms with E-state index in [0.717, 1.165) is 31.4 Å². The second kappa shape index (κ2) is 10.8. The van der Waals surface area contributed by atoms with Gasteiger partial charge in [-0.3, -0.25) is 9.59 Å². The van der Waals surface area contributed by atoms with Crippen molar-refractivity contribution >= 4 is 23.4 Å². The molecule has 0 spiro atoms. The molecule has 0 unspecified atom stereocenters. The Kier molecular flexibility index (Phi) is 7.15. The van der Waals surface area contributed by atoms with Gasteiger partial charge < -0.3 is 25.2 Å². The van der Waals surface area contributed by atoms with Crippen LogP contribution in [-0.2, 0) is 11.3 Å². The van der Waals surface area contributed by atoms with Gasteiger partial charge in [0.15, 0.2) is 0 Å². The predicted molar refractivity (Wildman–Crippen MR) is 133 cm³/mol. The number of aliphatic carboxylic acids is 1. The Hall–Kier alpha value is -4.22. The first-order valence-electron chi connectivity index (χ1n) is 12.4. The molecule has 1 amide bonds. The van der Waals surface area contributed by atoms with Gasteiger partial charge in [-0.2, -0.15) is 15.1 Å². The van der Waals surface area contributed by atoms with Crippen LogP contribution in [0.15, 0.2) is 36.9 Å². The maximum atomic E-state index is 13.4. The Morgan fingerprint density at radius 1 is 1.16 bits per heavy atom. The lowest BCUT2D eigenvalue weighted by molar-refractivity contribution is -0.138. The number of benzene rings is 1. The molecule has 1 saturated carbocycles. The smallest absolute Gasteiger partial charge is 0.321 e. The summed E-state index contributed by atoms with van der Waals surface area (Å²) in [5.41, 5.74) is 8.20. The molecule has 1 aliphatic carbocycles. The van der Waals surface area contributed by atoms with E-state index in [9.17, 15) is 9.59 Å². The highest BCUT2D eigenvalue weighted by Gasteiger charge is 2.30. The van der Waals surface area contributed by atoms with E-state index in [1.54, 1.807) is 15.9 Å². The van der Waals surface area contributed by atoms with Crippen LogP contribution in [-0.4, -0.2) is 61.5 Å². The first-order chi connectivity index (χ1) is 18.0. The van der Waals surface area contributed by atoms with Crippen LogP contribution in [0.5, 0.6) is 11.9 Å². The number of ether oxygens (including phenoxy) is 2. The van der Waals surface area contributed by atoms with Crippen molar-refractivity contribution in [2.24, 2.45) is 5.92 Å². The lowest BCUT2D eigenvalue weighted by Gasteiger charge is -2.28. The summed E-state index contributed by atoms with van der Waals surface area (Å²) in [5, 5.41) is 13.0. The fourth-order valence-corrected chi connectivity index (χ4v) is 4.97. The number of nitrogen functional groups attached to an aromatic ring is 1. The minimum Gasteiger partial charge on any atom is -0.481 e. The van der Waals surface area contributed by atoms with Gasteiger partial charge >= 0.3 is 12.0 Å². The van der Waals surface area contributed by atoms with Crippen LogP contribution in [0.3, 0.4) is 0 Å². The molecule has 37 heavy (non-hydrogen) atoms. The molecule has 1 fully saturated rings. The summed E-state index contributed by atoms with van der Waals surface area (Å²) in [4.78, 5) is 38.3. The van der Waals surface area contributed by atoms with E-state index >= 15 is 0 Å². The molecule has 0 radical (unpaired) electrons. The minimum absolute atomic E-state index is 0.00704. The summed E-state index contributed by atoms with van der Waals surface area (Å²) in [6, 6.07) is 7.98. The zero-order valence-electron chi connectivity index (χ0n) is 20.3. The fourth-order valence-electron chi connectivity index (χ4n) is 4.97. The molecule has 0 saturated heterocycles. The Labute approximate surface area is 213 Å². The van der Waals surface area contributed by atoms with Crippen LogP contribution in [0, 0.1) is 5.92 Å². The standard InChI is InChI=1S/C25H29N7O5/c26-22-21-23(30-25(29-22)37-11-9-31-15-27-14-28-31)36-12-10-32(24(21)35)19-7-5-18(6-8-19)17-3-1-16(2-4-17)13-20(33)34/h5-8,14-17H,1-4,9-13H2,(H,33,34)(H2,26,29,30). The lowest BCUT2D eigenvalue weighted by atomic mass is 9.77. The number of amides is 1. The number of hydrogen-bond acceptors (Lipinski definition) is 9. The number of carbonyl (C=O) groups excluding carboxylic acids is 1. The maximum absolute atomic E-state index is 13.4. The average Bonchev–Trinajstić information content (AvgIpc) is 3.34. The van der Waals surface area contributed by atoms with Crippen molar-refractivity contribution in [1.82, 2.24) is 24.7 Å². The number of fused-ring (bicyclic) bond motifs is 1. The second-order valence-electron chi connectivity index (χ2n) is 9.29. The molecule has 5 rings (SSSR count). The van der Waals surface area contributed by atoms with Crippen LogP contribution in [0.2, 0.25) is 0 Å². The van der Waals surface area contributed by atoms with E-state index in [1.165, 1.54) is 11.9 Å². The van der Waals surface area contributed by atoms with Crippen molar-refractivity contribution in [3.8, 4) is 11.9 Å². The quantitative estimate of drug-likeness (QED) is 0.464. The van der Waals surface area contributed by atoms with Crippen LogP contribution >= 0.6 is 0 Å². The summed E-state index contributed by atoms with van der Waals surface area (Å²) < 4.78 is 13.0. The zero-order chi connectivity index (χ0) is 25.8. The van der Waals surface area contributed by atoms with Gasteiger partial charge in [-0.15, -0.1) is 0 Å². The Morgan fingerprint density at radius 2 is 1.95 bits per heavy atom. The molecule has 2 aromatic heterocycles. The van der Waals surface area contributed by atoms with Gasteiger partial charge in [0.25, 0.3) is 5.91 Å². The third-order valence-electron chi connectivity index (χ3n) is 6.90. The van der Waals surface area contributed by atoms with E-state index in [1.807, 2.05) is 24.3 Å². The Bertz CT molecular complexity index is 1240. The van der Waals surface area contributed by atoms with Crippen molar-refractivity contribution < 1.29 is 24.2 Å². The topological polar surface area (TPSA) is 159 Å². The summed E-state index contributed by atoms with van der Waals surface area (Å²) in [7, 11) is 0. The van der Waals surface area contributed by atoms with E-state index in [-0.39, 0.29) is 54.7 Å². The third kappa shape index (κ3) is 5.63. The summed E-state index contributed by atoms with van der Waals surface area (Å²) >= 11 is 0. The van der Waals surface area contributed by atoms with Crippen molar-refractivity contribution in [3.05, 3.63) is 48.0 Å². The molecule has 3 heterocycles. The number of nitrogens with two attached hydrogens (primary N) is 1. The number of rotatable bonds is 8. The van der Waals surface area contributed by atoms with Gasteiger partial charge in [0.1, 0.15) is 37.2 Å². The van der Waals surface area contributed by atoms with Crippen molar-refractivity contribution in [2.75, 3.05) is 30.4 Å². The zero-order valence-corrected chi connectivity index (χ0v) is 20.3. The van der Waals surface area contributed by atoms with Gasteiger partial charge in [0.05, 0.1) is 13.1 Å². The highest BCUT2D eigenvalue weighted by Crippen LogP contribution is 2.38. The first-order valence-corrected chi connectivity index (χ1v) is 12.4. The van der Waals surface area contributed by atoms with E-state index in [2.05, 4.69) is 20.1 Å². The number of carboxylic acids is 1. The predicted octanol–water partition coefficient (Wildman–Crippen LogP) is 2.52. The normalized spacial score (nSPS) is 19.6. The molecular formula is C25H29N7O5. The molecule has 3 N–H and O–H groups in total. The van der Waals surface area contributed by atoms with Crippen molar-refractivity contribution in [2.45, 2.75) is 44.6 Å². The lowest BCUT2D eigenvalue weighted by Crippen LogP contribution is -2.32. The van der Waals surface area contributed by atoms with Crippen molar-refractivity contribution in [1.29, 1.82) is 0 Å². The third-order valence-corrected chi connectivity index (χ3v) is 6.90. The number of hydrogen-bond donors (Lipinski definition) is 2. The number of carbonyl (C=O) groups is 2. The fraction of sp³-hybridized carbons (Fsp3) is 0.440. The van der Waals surface area contributed by atoms with E-state index < -0.39 is 5.97 Å². The monoisotopic (exact) mass is 507 g/mol. The molecule has 0 bridgehead atoms. The number of anilines is 2. The Balaban J connectivity index is 1.25. The largest absolute Gasteiger partial charge is 0.481 e.